The van der Waals surface area contributed by atoms with Gasteiger partial charge in [-0.25, -0.2) is 9.97 Å². The van der Waals surface area contributed by atoms with Gasteiger partial charge in [-0.15, -0.1) is 0 Å². The van der Waals surface area contributed by atoms with Gasteiger partial charge in [0.1, 0.15) is 5.15 Å². The molecule has 66 valence electrons. The molecule has 0 aliphatic rings. The van der Waals surface area contributed by atoms with E-state index in [0.717, 1.165) is 12.1 Å². The van der Waals surface area contributed by atoms with E-state index in [1.807, 2.05) is 0 Å². The minimum atomic E-state index is 0.220. The molecule has 0 saturated carbocycles. The Morgan fingerprint density at radius 1 is 1.42 bits per heavy atom. The Bertz CT molecular complexity index is 256. The Kier molecular flexibility index (Phi) is 3.29. The summed E-state index contributed by atoms with van der Waals surface area (Å²) in [5.41, 5.74) is 0.905. The summed E-state index contributed by atoms with van der Waals surface area (Å²) in [5, 5.41) is 0.628. The second kappa shape index (κ2) is 4.06. The molecule has 0 aliphatic carbocycles. The Labute approximate surface area is 81.9 Å². The van der Waals surface area contributed by atoms with Crippen LogP contribution in [0.1, 0.15) is 31.9 Å². The summed E-state index contributed by atoms with van der Waals surface area (Å²) in [6, 6.07) is 1.75. The average molecular weight is 205 g/mol. The van der Waals surface area contributed by atoms with Crippen LogP contribution in [0, 0.1) is 0 Å². The van der Waals surface area contributed by atoms with E-state index in [2.05, 4.69) is 23.8 Å². The third-order valence-electron chi connectivity index (χ3n) is 1.80. The molecule has 12 heavy (non-hydrogen) atoms. The van der Waals surface area contributed by atoms with Gasteiger partial charge in [-0.3, -0.25) is 0 Å². The van der Waals surface area contributed by atoms with Gasteiger partial charge in [0.25, 0.3) is 0 Å². The van der Waals surface area contributed by atoms with Gasteiger partial charge in [-0.2, -0.15) is 0 Å². The zero-order valence-electron chi connectivity index (χ0n) is 7.01. The maximum absolute atomic E-state index is 5.72. The van der Waals surface area contributed by atoms with Crippen molar-refractivity contribution in [2.75, 3.05) is 0 Å². The molecule has 0 bridgehead atoms. The SMILES string of the molecule is CCC(C)c1cc(Cl)nc(Cl)n1. The van der Waals surface area contributed by atoms with Crippen LogP contribution >= 0.6 is 23.2 Å². The van der Waals surface area contributed by atoms with Gasteiger partial charge >= 0.3 is 0 Å². The van der Waals surface area contributed by atoms with Crippen molar-refractivity contribution < 1.29 is 0 Å². The summed E-state index contributed by atoms with van der Waals surface area (Å²) in [6.07, 6.45) is 1.02. The molecule has 0 fully saturated rings. The smallest absolute Gasteiger partial charge is 0.223 e. The molecule has 0 saturated heterocycles. The number of aromatic nitrogens is 2. The van der Waals surface area contributed by atoms with Crippen LogP contribution in [0.3, 0.4) is 0 Å². The van der Waals surface area contributed by atoms with E-state index in [-0.39, 0.29) is 5.28 Å². The first-order valence-corrected chi connectivity index (χ1v) is 4.59. The second-order valence-electron chi connectivity index (χ2n) is 2.69. The predicted octanol–water partition coefficient (Wildman–Crippen LogP) is 3.30. The van der Waals surface area contributed by atoms with Crippen LogP contribution in [-0.4, -0.2) is 9.97 Å². The highest BCUT2D eigenvalue weighted by molar-refractivity contribution is 6.31. The van der Waals surface area contributed by atoms with E-state index >= 15 is 0 Å². The summed E-state index contributed by atoms with van der Waals surface area (Å²) in [5.74, 6) is 0.378. The monoisotopic (exact) mass is 204 g/mol. The highest BCUT2D eigenvalue weighted by Gasteiger charge is 2.07. The van der Waals surface area contributed by atoms with E-state index in [9.17, 15) is 0 Å². The fourth-order valence-corrected chi connectivity index (χ4v) is 1.29. The van der Waals surface area contributed by atoms with E-state index < -0.39 is 0 Å². The zero-order valence-corrected chi connectivity index (χ0v) is 8.52. The third-order valence-corrected chi connectivity index (χ3v) is 2.17. The summed E-state index contributed by atoms with van der Waals surface area (Å²) < 4.78 is 0. The number of hydrogen-bond acceptors (Lipinski definition) is 2. The maximum Gasteiger partial charge on any atom is 0.224 e. The van der Waals surface area contributed by atoms with Crippen molar-refractivity contribution in [2.24, 2.45) is 0 Å². The molecule has 1 atom stereocenters. The van der Waals surface area contributed by atoms with Gasteiger partial charge in [0, 0.05) is 5.69 Å². The van der Waals surface area contributed by atoms with Crippen molar-refractivity contribution in [1.82, 2.24) is 9.97 Å². The van der Waals surface area contributed by atoms with Gasteiger partial charge < -0.3 is 0 Å². The average Bonchev–Trinajstić information content (AvgIpc) is 2.01. The van der Waals surface area contributed by atoms with E-state index in [1.165, 1.54) is 0 Å². The molecule has 0 spiro atoms. The Balaban J connectivity index is 3.00. The van der Waals surface area contributed by atoms with Gasteiger partial charge in [0.05, 0.1) is 0 Å². The lowest BCUT2D eigenvalue weighted by Crippen LogP contribution is -1.97. The quantitative estimate of drug-likeness (QED) is 0.546. The molecule has 0 aromatic carbocycles. The van der Waals surface area contributed by atoms with Crippen LogP contribution in [0.15, 0.2) is 6.07 Å². The van der Waals surface area contributed by atoms with E-state index in [0.29, 0.717) is 11.1 Å². The Morgan fingerprint density at radius 2 is 2.08 bits per heavy atom. The molecular weight excluding hydrogens is 195 g/mol. The molecule has 0 N–H and O–H groups in total. The normalized spacial score (nSPS) is 13.0. The fourth-order valence-electron chi connectivity index (χ4n) is 0.868. The van der Waals surface area contributed by atoms with Crippen molar-refractivity contribution in [3.8, 4) is 0 Å². The molecule has 1 aromatic rings. The van der Waals surface area contributed by atoms with Crippen molar-refractivity contribution in [3.63, 3.8) is 0 Å². The number of hydrogen-bond donors (Lipinski definition) is 0. The first-order valence-electron chi connectivity index (χ1n) is 3.83. The number of nitrogens with zero attached hydrogens (tertiary/aromatic N) is 2. The molecule has 2 nitrogen and oxygen atoms in total. The van der Waals surface area contributed by atoms with Crippen molar-refractivity contribution in [3.05, 3.63) is 22.2 Å². The van der Waals surface area contributed by atoms with Crippen LogP contribution in [-0.2, 0) is 0 Å². The van der Waals surface area contributed by atoms with Gasteiger partial charge in [-0.1, -0.05) is 25.4 Å². The molecule has 1 rings (SSSR count). The third kappa shape index (κ3) is 2.32. The topological polar surface area (TPSA) is 25.8 Å². The van der Waals surface area contributed by atoms with Crippen LogP contribution in [0.5, 0.6) is 0 Å². The van der Waals surface area contributed by atoms with Gasteiger partial charge in [-0.05, 0) is 30.0 Å². The molecule has 0 aliphatic heterocycles. The van der Waals surface area contributed by atoms with Crippen LogP contribution in [0.2, 0.25) is 10.4 Å². The van der Waals surface area contributed by atoms with Crippen LogP contribution in [0.4, 0.5) is 0 Å². The minimum absolute atomic E-state index is 0.220. The first kappa shape index (κ1) is 9.75. The zero-order chi connectivity index (χ0) is 9.14. The predicted molar refractivity (Wildman–Crippen MR) is 50.8 cm³/mol. The lowest BCUT2D eigenvalue weighted by atomic mass is 10.1. The van der Waals surface area contributed by atoms with Crippen molar-refractivity contribution in [2.45, 2.75) is 26.2 Å². The summed E-state index contributed by atoms with van der Waals surface area (Å²) in [6.45, 7) is 4.17. The van der Waals surface area contributed by atoms with Crippen LogP contribution in [0.25, 0.3) is 0 Å². The molecule has 1 heterocycles. The molecule has 1 aromatic heterocycles. The maximum atomic E-state index is 5.72. The summed E-state index contributed by atoms with van der Waals surface area (Å²) in [7, 11) is 0. The van der Waals surface area contributed by atoms with Crippen molar-refractivity contribution >= 4 is 23.2 Å². The van der Waals surface area contributed by atoms with Crippen molar-refractivity contribution in [1.29, 1.82) is 0 Å². The van der Waals surface area contributed by atoms with Gasteiger partial charge in [0.15, 0.2) is 0 Å². The molecule has 1 unspecified atom stereocenters. The fraction of sp³-hybridized carbons (Fsp3) is 0.500. The lowest BCUT2D eigenvalue weighted by molar-refractivity contribution is 0.704. The standard InChI is InChI=1S/C8H10Cl2N2/c1-3-5(2)6-4-7(9)12-8(10)11-6/h4-5H,3H2,1-2H3. The van der Waals surface area contributed by atoms with Gasteiger partial charge in [0.2, 0.25) is 5.28 Å². The van der Waals surface area contributed by atoms with E-state index in [4.69, 9.17) is 23.2 Å². The van der Waals surface area contributed by atoms with Crippen LogP contribution < -0.4 is 0 Å². The summed E-state index contributed by atoms with van der Waals surface area (Å²) in [4.78, 5) is 7.85. The largest absolute Gasteiger partial charge is 0.224 e. The highest BCUT2D eigenvalue weighted by atomic mass is 35.5. The lowest BCUT2D eigenvalue weighted by Gasteiger charge is -2.07. The minimum Gasteiger partial charge on any atom is -0.223 e. The Hall–Kier alpha value is -0.340. The second-order valence-corrected chi connectivity index (χ2v) is 3.42. The highest BCUT2D eigenvalue weighted by Crippen LogP contribution is 2.20. The molecule has 0 radical (unpaired) electrons. The van der Waals surface area contributed by atoms with E-state index in [1.54, 1.807) is 6.07 Å². The number of halogens is 2. The molecular formula is C8H10Cl2N2. The molecule has 4 heteroatoms. The molecule has 0 amide bonds. The summed E-state index contributed by atoms with van der Waals surface area (Å²) >= 11 is 11.4. The number of rotatable bonds is 2. The first-order chi connectivity index (χ1) is 5.63. The Morgan fingerprint density at radius 3 is 2.58 bits per heavy atom.